The minimum absolute atomic E-state index is 0.256. The fourth-order valence-corrected chi connectivity index (χ4v) is 4.65. The second-order valence-electron chi connectivity index (χ2n) is 10.2. The first kappa shape index (κ1) is 28.6. The van der Waals surface area contributed by atoms with Crippen LogP contribution in [-0.2, 0) is 6.54 Å². The van der Waals surface area contributed by atoms with Crippen LogP contribution in [0.4, 0.5) is 11.4 Å². The number of hydrogen-bond donors (Lipinski definition) is 2. The first-order valence-corrected chi connectivity index (χ1v) is 13.7. The van der Waals surface area contributed by atoms with Gasteiger partial charge in [0.15, 0.2) is 0 Å². The van der Waals surface area contributed by atoms with Crippen molar-refractivity contribution in [3.8, 4) is 22.8 Å². The van der Waals surface area contributed by atoms with Gasteiger partial charge in [-0.1, -0.05) is 26.0 Å². The molecule has 3 aromatic carbocycles. The maximum Gasteiger partial charge on any atom is 0.335 e. The Labute approximate surface area is 244 Å². The molecule has 42 heavy (non-hydrogen) atoms. The molecule has 0 atom stereocenters. The topological polar surface area (TPSA) is 115 Å². The number of aromatic nitrogens is 4. The van der Waals surface area contributed by atoms with Gasteiger partial charge in [0.25, 0.3) is 0 Å². The van der Waals surface area contributed by atoms with Crippen molar-refractivity contribution in [3.63, 3.8) is 0 Å². The van der Waals surface area contributed by atoms with E-state index in [1.807, 2.05) is 42.6 Å². The predicted molar refractivity (Wildman–Crippen MR) is 163 cm³/mol. The van der Waals surface area contributed by atoms with Crippen LogP contribution < -0.4 is 19.7 Å². The van der Waals surface area contributed by atoms with E-state index >= 15 is 0 Å². The van der Waals surface area contributed by atoms with Crippen LogP contribution in [0.3, 0.4) is 0 Å². The Kier molecular flexibility index (Phi) is 8.63. The lowest BCUT2D eigenvalue weighted by molar-refractivity contribution is 0.0697. The van der Waals surface area contributed by atoms with Crippen LogP contribution in [0.15, 0.2) is 79.3 Å². The van der Waals surface area contributed by atoms with E-state index in [-0.39, 0.29) is 5.56 Å². The van der Waals surface area contributed by atoms with Crippen LogP contribution in [-0.4, -0.2) is 64.2 Å². The zero-order chi connectivity index (χ0) is 29.6. The summed E-state index contributed by atoms with van der Waals surface area (Å²) in [6.45, 7) is 6.26. The molecule has 0 bridgehead atoms. The van der Waals surface area contributed by atoms with Gasteiger partial charge in [0.05, 0.1) is 55.4 Å². The number of anilines is 2. The zero-order valence-electron chi connectivity index (χ0n) is 24.1. The molecule has 0 saturated carbocycles. The van der Waals surface area contributed by atoms with Gasteiger partial charge in [0.1, 0.15) is 11.5 Å². The summed E-state index contributed by atoms with van der Waals surface area (Å²) in [7, 11) is 3.29. The number of hydrogen-bond acceptors (Lipinski definition) is 8. The predicted octanol–water partition coefficient (Wildman–Crippen LogP) is 5.39. The van der Waals surface area contributed by atoms with Gasteiger partial charge in [0.2, 0.25) is 0 Å². The van der Waals surface area contributed by atoms with Crippen molar-refractivity contribution in [2.24, 2.45) is 0 Å². The molecule has 0 amide bonds. The van der Waals surface area contributed by atoms with E-state index in [2.05, 4.69) is 34.1 Å². The summed E-state index contributed by atoms with van der Waals surface area (Å²) in [5.74, 6) is 0.479. The highest BCUT2D eigenvalue weighted by Crippen LogP contribution is 2.34. The maximum atomic E-state index is 11.1. The van der Waals surface area contributed by atoms with Gasteiger partial charge in [-0.2, -0.15) is 5.10 Å². The molecule has 2 N–H and O–H groups in total. The monoisotopic (exact) mass is 566 g/mol. The number of rotatable bonds is 12. The maximum absolute atomic E-state index is 11.1. The third kappa shape index (κ3) is 6.67. The number of aromatic carboxylic acids is 1. The van der Waals surface area contributed by atoms with Crippen LogP contribution in [0.1, 0.15) is 29.8 Å². The fourth-order valence-electron chi connectivity index (χ4n) is 4.65. The summed E-state index contributed by atoms with van der Waals surface area (Å²) < 4.78 is 12.9. The minimum atomic E-state index is -0.945. The molecular formula is C32H34N6O4. The third-order valence-electron chi connectivity index (χ3n) is 6.85. The van der Waals surface area contributed by atoms with E-state index < -0.39 is 5.97 Å². The van der Waals surface area contributed by atoms with Crippen LogP contribution >= 0.6 is 0 Å². The Morgan fingerprint density at radius 1 is 0.952 bits per heavy atom. The normalized spacial score (nSPS) is 11.2. The van der Waals surface area contributed by atoms with Crippen molar-refractivity contribution in [3.05, 3.63) is 90.4 Å². The lowest BCUT2D eigenvalue weighted by atomic mass is 10.1. The second kappa shape index (κ2) is 12.7. The fraction of sp³-hybridized carbons (Fsp3) is 0.250. The number of nitrogens with one attached hydrogen (secondary N) is 1. The zero-order valence-corrected chi connectivity index (χ0v) is 24.1. The third-order valence-corrected chi connectivity index (χ3v) is 6.85. The Bertz CT molecular complexity index is 1660. The van der Waals surface area contributed by atoms with E-state index in [0.717, 1.165) is 40.1 Å². The molecule has 0 fully saturated rings. The summed E-state index contributed by atoms with van der Waals surface area (Å²) in [6.07, 6.45) is 5.43. The van der Waals surface area contributed by atoms with Crippen molar-refractivity contribution in [1.82, 2.24) is 25.1 Å². The molecule has 2 heterocycles. The summed E-state index contributed by atoms with van der Waals surface area (Å²) in [4.78, 5) is 22.9. The SMILES string of the molecule is COc1cc(OC)cc(N(CCNC(C)C)c2ccc3ncc(-c4cnn(Cc5ccc(C(=O)O)cc5)c4)nc3c2)c1. The Hall–Kier alpha value is -4.96. The van der Waals surface area contributed by atoms with Gasteiger partial charge >= 0.3 is 5.97 Å². The number of ether oxygens (including phenoxy) is 2. The lowest BCUT2D eigenvalue weighted by Crippen LogP contribution is -2.32. The van der Waals surface area contributed by atoms with Crippen LogP contribution in [0, 0.1) is 0 Å². The highest BCUT2D eigenvalue weighted by atomic mass is 16.5. The Morgan fingerprint density at radius 2 is 1.69 bits per heavy atom. The molecule has 0 unspecified atom stereocenters. The van der Waals surface area contributed by atoms with E-state index in [9.17, 15) is 4.79 Å². The van der Waals surface area contributed by atoms with Crippen molar-refractivity contribution in [2.75, 3.05) is 32.2 Å². The van der Waals surface area contributed by atoms with Gasteiger partial charge in [-0.05, 0) is 35.9 Å². The van der Waals surface area contributed by atoms with Gasteiger partial charge in [-0.3, -0.25) is 9.67 Å². The number of benzene rings is 3. The number of carboxylic acid groups (broad SMARTS) is 1. The van der Waals surface area contributed by atoms with Crippen molar-refractivity contribution < 1.29 is 19.4 Å². The average Bonchev–Trinajstić information content (AvgIpc) is 3.47. The van der Waals surface area contributed by atoms with Crippen LogP contribution in [0.5, 0.6) is 11.5 Å². The number of carbonyl (C=O) groups is 1. The Morgan fingerprint density at radius 3 is 2.36 bits per heavy atom. The molecule has 5 rings (SSSR count). The molecule has 10 nitrogen and oxygen atoms in total. The van der Waals surface area contributed by atoms with Crippen LogP contribution in [0.25, 0.3) is 22.3 Å². The molecule has 0 aliphatic rings. The van der Waals surface area contributed by atoms with Crippen molar-refractivity contribution in [1.29, 1.82) is 0 Å². The standard InChI is InChI=1S/C32H34N6O4/c1-21(2)33-11-12-38(26-13-27(41-3)16-28(14-26)42-4)25-9-10-29-30(15-25)36-31(18-34-29)24-17-35-37(20-24)19-22-5-7-23(8-6-22)32(39)40/h5-10,13-18,20-21,33H,11-12,19H2,1-4H3,(H,39,40). The highest BCUT2D eigenvalue weighted by molar-refractivity contribution is 5.87. The molecule has 0 aliphatic heterocycles. The van der Waals surface area contributed by atoms with Gasteiger partial charge < -0.3 is 24.8 Å². The number of fused-ring (bicyclic) bond motifs is 1. The summed E-state index contributed by atoms with van der Waals surface area (Å²) in [5.41, 5.74) is 6.22. The number of carboxylic acids is 1. The second-order valence-corrected chi connectivity index (χ2v) is 10.2. The molecule has 0 spiro atoms. The number of methoxy groups -OCH3 is 2. The van der Waals surface area contributed by atoms with Gasteiger partial charge in [0, 0.05) is 60.5 Å². The quantitative estimate of drug-likeness (QED) is 0.205. The van der Waals surface area contributed by atoms with Crippen molar-refractivity contribution in [2.45, 2.75) is 26.4 Å². The van der Waals surface area contributed by atoms with E-state index in [1.54, 1.807) is 55.6 Å². The van der Waals surface area contributed by atoms with E-state index in [1.165, 1.54) is 0 Å². The lowest BCUT2D eigenvalue weighted by Gasteiger charge is -2.27. The summed E-state index contributed by atoms with van der Waals surface area (Å²) in [5, 5.41) is 17.1. The molecular weight excluding hydrogens is 532 g/mol. The summed E-state index contributed by atoms with van der Waals surface area (Å²) in [6, 6.07) is 19.1. The molecule has 216 valence electrons. The molecule has 2 aromatic heterocycles. The first-order valence-electron chi connectivity index (χ1n) is 13.7. The highest BCUT2D eigenvalue weighted by Gasteiger charge is 2.15. The molecule has 0 aliphatic carbocycles. The minimum Gasteiger partial charge on any atom is -0.497 e. The average molecular weight is 567 g/mol. The number of nitrogens with zero attached hydrogens (tertiary/aromatic N) is 5. The van der Waals surface area contributed by atoms with E-state index in [4.69, 9.17) is 19.6 Å². The first-order chi connectivity index (χ1) is 20.3. The smallest absolute Gasteiger partial charge is 0.335 e. The van der Waals surface area contributed by atoms with Crippen LogP contribution in [0.2, 0.25) is 0 Å². The van der Waals surface area contributed by atoms with E-state index in [0.29, 0.717) is 36.3 Å². The molecule has 10 heteroatoms. The molecule has 0 saturated heterocycles. The van der Waals surface area contributed by atoms with Crippen molar-refractivity contribution >= 4 is 28.4 Å². The molecule has 0 radical (unpaired) electrons. The van der Waals surface area contributed by atoms with Gasteiger partial charge in [-0.15, -0.1) is 0 Å². The summed E-state index contributed by atoms with van der Waals surface area (Å²) >= 11 is 0. The van der Waals surface area contributed by atoms with Gasteiger partial charge in [-0.25, -0.2) is 9.78 Å². The largest absolute Gasteiger partial charge is 0.497 e. The Balaban J connectivity index is 1.44. The molecule has 5 aromatic rings.